The van der Waals surface area contributed by atoms with Crippen molar-refractivity contribution in [2.24, 2.45) is 0 Å². The van der Waals surface area contributed by atoms with E-state index in [1.807, 2.05) is 13.8 Å². The van der Waals surface area contributed by atoms with E-state index in [1.54, 1.807) is 30.3 Å². The molecule has 0 radical (unpaired) electrons. The van der Waals surface area contributed by atoms with E-state index in [-0.39, 0.29) is 18.7 Å². The molecule has 0 aliphatic carbocycles. The largest absolute Gasteiger partial charge is 0.462 e. The average Bonchev–Trinajstić information content (AvgIpc) is 2.77. The molecule has 2 amide bonds. The van der Waals surface area contributed by atoms with Crippen molar-refractivity contribution < 1.29 is 28.7 Å². The van der Waals surface area contributed by atoms with Gasteiger partial charge in [-0.15, -0.1) is 0 Å². The molecule has 2 aromatic carbocycles. The van der Waals surface area contributed by atoms with Gasteiger partial charge in [0.1, 0.15) is 0 Å². The third-order valence-corrected chi connectivity index (χ3v) is 4.62. The Balaban J connectivity index is 1.69. The van der Waals surface area contributed by atoms with Crippen LogP contribution in [0.4, 0.5) is 11.4 Å². The SMILES string of the molecule is CCCOC(=O)c1ccc(NC(=O)COC(=O)CCC(=O)Nc2ccc(C)c(Cl)c2)cc1. The van der Waals surface area contributed by atoms with Crippen molar-refractivity contribution in [3.63, 3.8) is 0 Å². The van der Waals surface area contributed by atoms with Gasteiger partial charge in [0.05, 0.1) is 18.6 Å². The van der Waals surface area contributed by atoms with E-state index in [0.29, 0.717) is 28.6 Å². The van der Waals surface area contributed by atoms with Gasteiger partial charge in [0.25, 0.3) is 5.91 Å². The summed E-state index contributed by atoms with van der Waals surface area (Å²) in [6.45, 7) is 3.59. The lowest BCUT2D eigenvalue weighted by molar-refractivity contribution is -0.147. The molecule has 0 saturated heterocycles. The second-order valence-corrected chi connectivity index (χ2v) is 7.34. The molecule has 0 spiro atoms. The van der Waals surface area contributed by atoms with Crippen LogP contribution >= 0.6 is 11.6 Å². The van der Waals surface area contributed by atoms with Crippen LogP contribution in [0.1, 0.15) is 42.1 Å². The summed E-state index contributed by atoms with van der Waals surface area (Å²) in [5.41, 5.74) is 2.23. The fourth-order valence-electron chi connectivity index (χ4n) is 2.49. The number of benzene rings is 2. The summed E-state index contributed by atoms with van der Waals surface area (Å²) in [6, 6.07) is 11.3. The molecular weight excluding hydrogens is 436 g/mol. The van der Waals surface area contributed by atoms with E-state index in [0.717, 1.165) is 12.0 Å². The molecule has 32 heavy (non-hydrogen) atoms. The zero-order chi connectivity index (χ0) is 23.5. The predicted octanol–water partition coefficient (Wildman–Crippen LogP) is 4.12. The number of ether oxygens (including phenoxy) is 2. The average molecular weight is 461 g/mol. The van der Waals surface area contributed by atoms with Crippen LogP contribution in [-0.4, -0.2) is 37.0 Å². The van der Waals surface area contributed by atoms with E-state index in [9.17, 15) is 19.2 Å². The van der Waals surface area contributed by atoms with Gasteiger partial charge in [-0.05, 0) is 55.3 Å². The van der Waals surface area contributed by atoms with Crippen molar-refractivity contribution in [1.29, 1.82) is 0 Å². The minimum atomic E-state index is -0.675. The molecule has 0 heterocycles. The summed E-state index contributed by atoms with van der Waals surface area (Å²) in [4.78, 5) is 47.5. The predicted molar refractivity (Wildman–Crippen MR) is 121 cm³/mol. The molecule has 0 saturated carbocycles. The lowest BCUT2D eigenvalue weighted by Gasteiger charge is -2.08. The molecule has 8 nitrogen and oxygen atoms in total. The number of hydrogen-bond donors (Lipinski definition) is 2. The first kappa shape index (κ1) is 24.9. The molecule has 2 N–H and O–H groups in total. The molecule has 0 fully saturated rings. The topological polar surface area (TPSA) is 111 Å². The van der Waals surface area contributed by atoms with Crippen LogP contribution in [0.15, 0.2) is 42.5 Å². The standard InChI is InChI=1S/C23H25ClN2O6/c1-3-12-31-23(30)16-5-8-17(9-6-16)25-21(28)14-32-22(29)11-10-20(27)26-18-7-4-15(2)19(24)13-18/h4-9,13H,3,10-12,14H2,1-2H3,(H,25,28)(H,26,27). The highest BCUT2D eigenvalue weighted by atomic mass is 35.5. The van der Waals surface area contributed by atoms with Crippen LogP contribution in [0.3, 0.4) is 0 Å². The molecule has 0 aliphatic rings. The highest BCUT2D eigenvalue weighted by Gasteiger charge is 2.12. The fourth-order valence-corrected chi connectivity index (χ4v) is 2.67. The Kier molecular flexibility index (Phi) is 9.69. The van der Waals surface area contributed by atoms with Crippen molar-refractivity contribution in [3.05, 3.63) is 58.6 Å². The van der Waals surface area contributed by atoms with Crippen molar-refractivity contribution in [2.45, 2.75) is 33.1 Å². The van der Waals surface area contributed by atoms with Crippen molar-refractivity contribution in [3.8, 4) is 0 Å². The zero-order valence-electron chi connectivity index (χ0n) is 17.9. The second-order valence-electron chi connectivity index (χ2n) is 6.93. The third-order valence-electron chi connectivity index (χ3n) is 4.22. The lowest BCUT2D eigenvalue weighted by atomic mass is 10.2. The summed E-state index contributed by atoms with van der Waals surface area (Å²) in [5.74, 6) is -2.03. The normalized spacial score (nSPS) is 10.2. The van der Waals surface area contributed by atoms with Crippen LogP contribution in [0.25, 0.3) is 0 Å². The van der Waals surface area contributed by atoms with E-state index < -0.39 is 24.5 Å². The summed E-state index contributed by atoms with van der Waals surface area (Å²) in [6.07, 6.45) is 0.458. The monoisotopic (exact) mass is 460 g/mol. The van der Waals surface area contributed by atoms with Gasteiger partial charge in [0, 0.05) is 22.8 Å². The molecule has 0 aromatic heterocycles. The van der Waals surface area contributed by atoms with E-state index >= 15 is 0 Å². The quantitative estimate of drug-likeness (QED) is 0.516. The Morgan fingerprint density at radius 3 is 2.19 bits per heavy atom. The smallest absolute Gasteiger partial charge is 0.338 e. The highest BCUT2D eigenvalue weighted by molar-refractivity contribution is 6.31. The van der Waals surface area contributed by atoms with Crippen molar-refractivity contribution >= 4 is 46.7 Å². The fraction of sp³-hybridized carbons (Fsp3) is 0.304. The number of hydrogen-bond acceptors (Lipinski definition) is 6. The third kappa shape index (κ3) is 8.39. The van der Waals surface area contributed by atoms with Gasteiger partial charge >= 0.3 is 11.9 Å². The molecule has 9 heteroatoms. The van der Waals surface area contributed by atoms with Gasteiger partial charge in [-0.3, -0.25) is 14.4 Å². The van der Waals surface area contributed by atoms with Crippen LogP contribution in [0, 0.1) is 6.92 Å². The maximum absolute atomic E-state index is 12.0. The highest BCUT2D eigenvalue weighted by Crippen LogP contribution is 2.20. The van der Waals surface area contributed by atoms with Crippen molar-refractivity contribution in [1.82, 2.24) is 0 Å². The number of aryl methyl sites for hydroxylation is 1. The Bertz CT molecular complexity index is 975. The van der Waals surface area contributed by atoms with Gasteiger partial charge in [0.2, 0.25) is 5.91 Å². The first-order valence-electron chi connectivity index (χ1n) is 10.1. The lowest BCUT2D eigenvalue weighted by Crippen LogP contribution is -2.21. The number of carbonyl (C=O) groups excluding carboxylic acids is 4. The zero-order valence-corrected chi connectivity index (χ0v) is 18.7. The van der Waals surface area contributed by atoms with Crippen LogP contribution in [0.5, 0.6) is 0 Å². The molecule has 0 unspecified atom stereocenters. The number of nitrogens with one attached hydrogen (secondary N) is 2. The first-order chi connectivity index (χ1) is 15.3. The first-order valence-corrected chi connectivity index (χ1v) is 10.4. The van der Waals surface area contributed by atoms with Crippen molar-refractivity contribution in [2.75, 3.05) is 23.8 Å². The maximum atomic E-state index is 12.0. The number of anilines is 2. The molecule has 2 rings (SSSR count). The molecular formula is C23H25ClN2O6. The van der Waals surface area contributed by atoms with Crippen LogP contribution in [0.2, 0.25) is 5.02 Å². The number of rotatable bonds is 10. The molecule has 2 aromatic rings. The van der Waals surface area contributed by atoms with Gasteiger partial charge in [-0.2, -0.15) is 0 Å². The van der Waals surface area contributed by atoms with Crippen LogP contribution in [-0.2, 0) is 23.9 Å². The Hall–Kier alpha value is -3.39. The van der Waals surface area contributed by atoms with E-state index in [1.165, 1.54) is 12.1 Å². The van der Waals surface area contributed by atoms with Gasteiger partial charge in [-0.1, -0.05) is 24.6 Å². The second kappa shape index (κ2) is 12.5. The minimum Gasteiger partial charge on any atom is -0.462 e. The Morgan fingerprint density at radius 1 is 0.875 bits per heavy atom. The molecule has 170 valence electrons. The van der Waals surface area contributed by atoms with Gasteiger partial charge < -0.3 is 20.1 Å². The molecule has 0 aliphatic heterocycles. The van der Waals surface area contributed by atoms with Crippen LogP contribution < -0.4 is 10.6 Å². The van der Waals surface area contributed by atoms with E-state index in [4.69, 9.17) is 21.1 Å². The Morgan fingerprint density at radius 2 is 1.53 bits per heavy atom. The van der Waals surface area contributed by atoms with Gasteiger partial charge in [-0.25, -0.2) is 4.79 Å². The van der Waals surface area contributed by atoms with E-state index in [2.05, 4.69) is 10.6 Å². The summed E-state index contributed by atoms with van der Waals surface area (Å²) >= 11 is 6.01. The number of esters is 2. The molecule has 0 bridgehead atoms. The number of halogens is 1. The number of carbonyl (C=O) groups is 4. The summed E-state index contributed by atoms with van der Waals surface area (Å²) in [5, 5.41) is 5.72. The summed E-state index contributed by atoms with van der Waals surface area (Å²) in [7, 11) is 0. The molecule has 0 atom stereocenters. The maximum Gasteiger partial charge on any atom is 0.338 e. The minimum absolute atomic E-state index is 0.0957. The van der Waals surface area contributed by atoms with Gasteiger partial charge in [0.15, 0.2) is 6.61 Å². The Labute approximate surface area is 191 Å². The summed E-state index contributed by atoms with van der Waals surface area (Å²) < 4.78 is 9.92. The number of amides is 2.